The van der Waals surface area contributed by atoms with Crippen molar-refractivity contribution in [2.45, 2.75) is 26.9 Å². The summed E-state index contributed by atoms with van der Waals surface area (Å²) in [6, 6.07) is 14.0. The van der Waals surface area contributed by atoms with Gasteiger partial charge in [0, 0.05) is 49.5 Å². The third kappa shape index (κ3) is 5.27. The number of hydrogen-bond acceptors (Lipinski definition) is 6. The highest BCUT2D eigenvalue weighted by Crippen LogP contribution is 2.32. The molecule has 1 saturated heterocycles. The fourth-order valence-electron chi connectivity index (χ4n) is 4.55. The smallest absolute Gasteiger partial charge is 0.340 e. The van der Waals surface area contributed by atoms with Crippen LogP contribution in [0.5, 0.6) is 5.75 Å². The molecule has 0 spiro atoms. The number of benzene rings is 2. The third-order valence-corrected chi connectivity index (χ3v) is 6.45. The molecule has 182 valence electrons. The van der Waals surface area contributed by atoms with Gasteiger partial charge in [0.2, 0.25) is 0 Å². The van der Waals surface area contributed by atoms with Crippen molar-refractivity contribution < 1.29 is 19.4 Å². The molecule has 7 nitrogen and oxygen atoms in total. The molecule has 2 heterocycles. The Morgan fingerprint density at radius 3 is 2.44 bits per heavy atom. The number of likely N-dealkylation sites (N-methyl/N-ethyl adjacent to an activating group) is 1. The summed E-state index contributed by atoms with van der Waals surface area (Å²) < 4.78 is 13.4. The van der Waals surface area contributed by atoms with E-state index < -0.39 is 6.10 Å². The van der Waals surface area contributed by atoms with Crippen LogP contribution in [0.25, 0.3) is 16.6 Å². The number of fused-ring (bicyclic) bond motifs is 1. The normalized spacial score (nSPS) is 16.0. The molecule has 1 atom stereocenters. The Morgan fingerprint density at radius 1 is 1.06 bits per heavy atom. The fourth-order valence-corrected chi connectivity index (χ4v) is 4.55. The lowest BCUT2D eigenvalue weighted by Crippen LogP contribution is -2.47. The lowest BCUT2D eigenvalue weighted by molar-refractivity contribution is 0.0504. The Labute approximate surface area is 201 Å². The Kier molecular flexibility index (Phi) is 7.56. The topological polar surface area (TPSA) is 67.2 Å². The molecule has 3 aromatic rings. The molecular weight excluding hydrogens is 430 g/mol. The van der Waals surface area contributed by atoms with Crippen LogP contribution in [0.3, 0.4) is 0 Å². The monoisotopic (exact) mass is 465 g/mol. The van der Waals surface area contributed by atoms with Crippen molar-refractivity contribution in [2.75, 3.05) is 53.0 Å². The van der Waals surface area contributed by atoms with Crippen LogP contribution in [0.4, 0.5) is 0 Å². The van der Waals surface area contributed by atoms with Crippen molar-refractivity contribution in [3.8, 4) is 11.4 Å². The van der Waals surface area contributed by atoms with Gasteiger partial charge < -0.3 is 24.0 Å². The first-order valence-electron chi connectivity index (χ1n) is 12.0. The molecule has 0 unspecified atom stereocenters. The molecule has 1 fully saturated rings. The molecular formula is C27H35N3O4. The van der Waals surface area contributed by atoms with E-state index in [2.05, 4.69) is 52.6 Å². The highest BCUT2D eigenvalue weighted by molar-refractivity contribution is 6.07. The first kappa shape index (κ1) is 24.3. The fraction of sp³-hybridized carbons (Fsp3) is 0.444. The van der Waals surface area contributed by atoms with Crippen LogP contribution in [0, 0.1) is 13.8 Å². The summed E-state index contributed by atoms with van der Waals surface area (Å²) in [6.45, 7) is 10.8. The van der Waals surface area contributed by atoms with Crippen LogP contribution in [-0.4, -0.2) is 84.5 Å². The lowest BCUT2D eigenvalue weighted by Gasteiger charge is -2.33. The average Bonchev–Trinajstić information content (AvgIpc) is 3.11. The second kappa shape index (κ2) is 10.6. The standard InChI is InChI=1S/C27H35N3O4/c1-5-33-27(32)26-20(3)30(21-8-6-19(2)7-9-21)25-11-10-23(16-24(25)26)34-18-22(31)17-29-14-12-28(4)13-15-29/h6-11,16,22,31H,5,12-15,17-18H2,1-4H3/t22-/m1/s1. The van der Waals surface area contributed by atoms with Crippen molar-refractivity contribution >= 4 is 16.9 Å². The zero-order chi connectivity index (χ0) is 24.2. The number of aromatic nitrogens is 1. The minimum Gasteiger partial charge on any atom is -0.491 e. The van der Waals surface area contributed by atoms with Gasteiger partial charge >= 0.3 is 5.97 Å². The van der Waals surface area contributed by atoms with E-state index in [-0.39, 0.29) is 12.6 Å². The number of esters is 1. The summed E-state index contributed by atoms with van der Waals surface area (Å²) in [7, 11) is 2.12. The van der Waals surface area contributed by atoms with E-state index in [9.17, 15) is 9.90 Å². The molecule has 1 aliphatic heterocycles. The van der Waals surface area contributed by atoms with Crippen molar-refractivity contribution in [1.29, 1.82) is 0 Å². The van der Waals surface area contributed by atoms with Crippen molar-refractivity contribution in [2.24, 2.45) is 0 Å². The summed E-state index contributed by atoms with van der Waals surface area (Å²) in [5.74, 6) is 0.277. The largest absolute Gasteiger partial charge is 0.491 e. The lowest BCUT2D eigenvalue weighted by atomic mass is 10.1. The van der Waals surface area contributed by atoms with Gasteiger partial charge in [0.05, 0.1) is 17.7 Å². The number of aliphatic hydroxyl groups is 1. The number of aryl methyl sites for hydroxylation is 1. The second-order valence-corrected chi connectivity index (χ2v) is 9.10. The van der Waals surface area contributed by atoms with Gasteiger partial charge in [-0.2, -0.15) is 0 Å². The summed E-state index contributed by atoms with van der Waals surface area (Å²) in [5, 5.41) is 11.3. The number of ether oxygens (including phenoxy) is 2. The SMILES string of the molecule is CCOC(=O)c1c(C)n(-c2ccc(C)cc2)c2ccc(OC[C@H](O)CN3CCN(C)CC3)cc12. The maximum atomic E-state index is 12.9. The number of aliphatic hydroxyl groups excluding tert-OH is 1. The Balaban J connectivity index is 1.58. The van der Waals surface area contributed by atoms with Gasteiger partial charge in [0.15, 0.2) is 0 Å². The van der Waals surface area contributed by atoms with Crippen LogP contribution < -0.4 is 4.74 Å². The van der Waals surface area contributed by atoms with Gasteiger partial charge in [-0.25, -0.2) is 4.79 Å². The minimum atomic E-state index is -0.581. The van der Waals surface area contributed by atoms with Crippen LogP contribution >= 0.6 is 0 Å². The van der Waals surface area contributed by atoms with E-state index in [0.717, 1.165) is 48.5 Å². The van der Waals surface area contributed by atoms with E-state index in [1.54, 1.807) is 0 Å². The molecule has 0 saturated carbocycles. The molecule has 7 heteroatoms. The molecule has 4 rings (SSSR count). The summed E-state index contributed by atoms with van der Waals surface area (Å²) in [4.78, 5) is 17.4. The molecule has 0 bridgehead atoms. The molecule has 0 aliphatic carbocycles. The van der Waals surface area contributed by atoms with E-state index in [1.807, 2.05) is 32.0 Å². The molecule has 34 heavy (non-hydrogen) atoms. The summed E-state index contributed by atoms with van der Waals surface area (Å²) in [5.41, 5.74) is 4.44. The zero-order valence-corrected chi connectivity index (χ0v) is 20.6. The van der Waals surface area contributed by atoms with E-state index in [4.69, 9.17) is 9.47 Å². The maximum Gasteiger partial charge on any atom is 0.340 e. The van der Waals surface area contributed by atoms with Gasteiger partial charge in [0.25, 0.3) is 0 Å². The predicted molar refractivity (Wildman–Crippen MR) is 134 cm³/mol. The Hall–Kier alpha value is -2.87. The summed E-state index contributed by atoms with van der Waals surface area (Å²) >= 11 is 0. The number of carbonyl (C=O) groups is 1. The van der Waals surface area contributed by atoms with Crippen LogP contribution in [-0.2, 0) is 4.74 Å². The van der Waals surface area contributed by atoms with E-state index in [1.165, 1.54) is 5.56 Å². The minimum absolute atomic E-state index is 0.199. The second-order valence-electron chi connectivity index (χ2n) is 9.10. The van der Waals surface area contributed by atoms with Gasteiger partial charge in [0.1, 0.15) is 18.5 Å². The Morgan fingerprint density at radius 2 is 1.76 bits per heavy atom. The highest BCUT2D eigenvalue weighted by atomic mass is 16.5. The van der Waals surface area contributed by atoms with Gasteiger partial charge in [-0.1, -0.05) is 17.7 Å². The number of rotatable bonds is 8. The number of hydrogen-bond donors (Lipinski definition) is 1. The van der Waals surface area contributed by atoms with Crippen LogP contribution in [0.2, 0.25) is 0 Å². The molecule has 1 aliphatic rings. The van der Waals surface area contributed by atoms with Gasteiger partial charge in [-0.15, -0.1) is 0 Å². The Bertz CT molecular complexity index is 1130. The van der Waals surface area contributed by atoms with Crippen molar-refractivity contribution in [1.82, 2.24) is 14.4 Å². The first-order valence-corrected chi connectivity index (χ1v) is 12.0. The molecule has 0 amide bonds. The zero-order valence-electron chi connectivity index (χ0n) is 20.6. The molecule has 2 aromatic carbocycles. The number of piperazine rings is 1. The van der Waals surface area contributed by atoms with Crippen LogP contribution in [0.15, 0.2) is 42.5 Å². The van der Waals surface area contributed by atoms with Gasteiger partial charge in [-0.3, -0.25) is 4.90 Å². The quantitative estimate of drug-likeness (QED) is 0.515. The van der Waals surface area contributed by atoms with Gasteiger partial charge in [-0.05, 0) is 58.2 Å². The van der Waals surface area contributed by atoms with E-state index in [0.29, 0.717) is 24.5 Å². The molecule has 0 radical (unpaired) electrons. The van der Waals surface area contributed by atoms with Crippen molar-refractivity contribution in [3.63, 3.8) is 0 Å². The number of carbonyl (C=O) groups excluding carboxylic acids is 1. The predicted octanol–water partition coefficient (Wildman–Crippen LogP) is 3.41. The third-order valence-electron chi connectivity index (χ3n) is 6.45. The number of nitrogens with zero attached hydrogens (tertiary/aromatic N) is 3. The average molecular weight is 466 g/mol. The highest BCUT2D eigenvalue weighted by Gasteiger charge is 2.23. The van der Waals surface area contributed by atoms with Crippen LogP contribution in [0.1, 0.15) is 28.5 Å². The number of β-amino-alcohol motifs (C(OH)–C–C–N with tert-alkyl or cyclic N) is 1. The van der Waals surface area contributed by atoms with E-state index >= 15 is 0 Å². The van der Waals surface area contributed by atoms with Crippen molar-refractivity contribution in [3.05, 3.63) is 59.3 Å². The maximum absolute atomic E-state index is 12.9. The molecule has 1 aromatic heterocycles. The first-order chi connectivity index (χ1) is 16.4. The summed E-state index contributed by atoms with van der Waals surface area (Å²) in [6.07, 6.45) is -0.581. The molecule has 1 N–H and O–H groups in total.